The lowest BCUT2D eigenvalue weighted by molar-refractivity contribution is -0.155. The Hall–Kier alpha value is -1.39. The zero-order valence-electron chi connectivity index (χ0n) is 9.46. The van der Waals surface area contributed by atoms with Crippen molar-refractivity contribution in [2.45, 2.75) is 26.3 Å². The summed E-state index contributed by atoms with van der Waals surface area (Å²) in [6.07, 6.45) is 5.77. The number of amides is 1. The summed E-state index contributed by atoms with van der Waals surface area (Å²) in [5.74, 6) is 0.992. The van der Waals surface area contributed by atoms with Gasteiger partial charge in [0.1, 0.15) is 6.54 Å². The van der Waals surface area contributed by atoms with E-state index in [1.807, 2.05) is 4.90 Å². The van der Waals surface area contributed by atoms with E-state index in [-0.39, 0.29) is 12.5 Å². The lowest BCUT2D eigenvalue weighted by Gasteiger charge is -2.58. The van der Waals surface area contributed by atoms with Crippen LogP contribution in [0.1, 0.15) is 19.8 Å². The number of carbonyl (C=O) groups is 1. The number of hydrogen-bond acceptors (Lipinski definition) is 3. The van der Waals surface area contributed by atoms with Crippen molar-refractivity contribution in [3.05, 3.63) is 12.4 Å². The number of nitrogens with zero attached hydrogens (tertiary/aromatic N) is 4. The van der Waals surface area contributed by atoms with Crippen LogP contribution in [0, 0.1) is 11.3 Å². The van der Waals surface area contributed by atoms with Crippen LogP contribution in [0.5, 0.6) is 0 Å². The Morgan fingerprint density at radius 2 is 2.00 bits per heavy atom. The standard InChI is InChI=1S/C11H16N4O/c1-9-4-11(5-9)7-14(8-11)10(16)6-15-12-2-3-13-15/h2-3,9H,4-8H2,1H3. The average Bonchev–Trinajstić information content (AvgIpc) is 2.61. The van der Waals surface area contributed by atoms with Crippen LogP contribution in [0.2, 0.25) is 0 Å². The van der Waals surface area contributed by atoms with Gasteiger partial charge in [-0.25, -0.2) is 0 Å². The predicted octanol–water partition coefficient (Wildman–Crippen LogP) is 0.537. The Morgan fingerprint density at radius 3 is 2.56 bits per heavy atom. The van der Waals surface area contributed by atoms with E-state index in [0.29, 0.717) is 5.41 Å². The third kappa shape index (κ3) is 1.50. The fourth-order valence-electron chi connectivity index (χ4n) is 3.16. The molecule has 0 atom stereocenters. The normalized spacial score (nSPS) is 22.9. The summed E-state index contributed by atoms with van der Waals surface area (Å²) in [7, 11) is 0. The fourth-order valence-corrected chi connectivity index (χ4v) is 3.16. The van der Waals surface area contributed by atoms with Crippen molar-refractivity contribution >= 4 is 5.91 Å². The van der Waals surface area contributed by atoms with Crippen LogP contribution in [0.4, 0.5) is 0 Å². The number of hydrogen-bond donors (Lipinski definition) is 0. The largest absolute Gasteiger partial charge is 0.340 e. The molecular formula is C11H16N4O. The molecule has 5 heteroatoms. The van der Waals surface area contributed by atoms with Crippen molar-refractivity contribution in [1.29, 1.82) is 0 Å². The second-order valence-corrected chi connectivity index (χ2v) is 5.32. The molecule has 2 heterocycles. The van der Waals surface area contributed by atoms with Gasteiger partial charge in [0.25, 0.3) is 0 Å². The van der Waals surface area contributed by atoms with Crippen LogP contribution in [0.15, 0.2) is 12.4 Å². The summed E-state index contributed by atoms with van der Waals surface area (Å²) < 4.78 is 0. The summed E-state index contributed by atoms with van der Waals surface area (Å²) in [5, 5.41) is 7.88. The molecule has 1 aliphatic carbocycles. The van der Waals surface area contributed by atoms with Crippen LogP contribution in [0.25, 0.3) is 0 Å². The summed E-state index contributed by atoms with van der Waals surface area (Å²) in [6, 6.07) is 0. The Labute approximate surface area is 94.4 Å². The number of aromatic nitrogens is 3. The molecular weight excluding hydrogens is 204 g/mol. The maximum atomic E-state index is 11.8. The Kier molecular flexibility index (Phi) is 2.02. The van der Waals surface area contributed by atoms with Gasteiger partial charge in [0.2, 0.25) is 5.91 Å². The topological polar surface area (TPSA) is 51.0 Å². The van der Waals surface area contributed by atoms with Gasteiger partial charge in [0.15, 0.2) is 0 Å². The zero-order valence-corrected chi connectivity index (χ0v) is 9.46. The summed E-state index contributed by atoms with van der Waals surface area (Å²) in [4.78, 5) is 15.2. The van der Waals surface area contributed by atoms with Gasteiger partial charge in [-0.2, -0.15) is 15.0 Å². The van der Waals surface area contributed by atoms with Gasteiger partial charge in [-0.05, 0) is 18.8 Å². The van der Waals surface area contributed by atoms with E-state index in [2.05, 4.69) is 17.1 Å². The molecule has 3 rings (SSSR count). The lowest BCUT2D eigenvalue weighted by atomic mass is 9.58. The van der Waals surface area contributed by atoms with E-state index < -0.39 is 0 Å². The third-order valence-corrected chi connectivity index (χ3v) is 3.71. The molecule has 16 heavy (non-hydrogen) atoms. The van der Waals surface area contributed by atoms with Crippen LogP contribution < -0.4 is 0 Å². The van der Waals surface area contributed by atoms with E-state index >= 15 is 0 Å². The number of carbonyl (C=O) groups excluding carboxylic acids is 1. The molecule has 1 spiro atoms. The summed E-state index contributed by atoms with van der Waals surface area (Å²) in [5.41, 5.74) is 0.479. The quantitative estimate of drug-likeness (QED) is 0.730. The molecule has 0 aromatic carbocycles. The molecule has 0 bridgehead atoms. The highest BCUT2D eigenvalue weighted by Crippen LogP contribution is 2.51. The van der Waals surface area contributed by atoms with Crippen molar-refractivity contribution in [1.82, 2.24) is 19.9 Å². The highest BCUT2D eigenvalue weighted by molar-refractivity contribution is 5.76. The Balaban J connectivity index is 1.51. The Bertz CT molecular complexity index is 386. The van der Waals surface area contributed by atoms with E-state index in [1.165, 1.54) is 17.6 Å². The molecule has 2 aliphatic rings. The monoisotopic (exact) mass is 220 g/mol. The second-order valence-electron chi connectivity index (χ2n) is 5.32. The first-order valence-electron chi connectivity index (χ1n) is 5.79. The molecule has 1 aromatic rings. The van der Waals surface area contributed by atoms with Gasteiger partial charge in [0, 0.05) is 18.5 Å². The molecule has 86 valence electrons. The maximum absolute atomic E-state index is 11.8. The smallest absolute Gasteiger partial charge is 0.246 e. The van der Waals surface area contributed by atoms with Crippen molar-refractivity contribution in [3.8, 4) is 0 Å². The SMILES string of the molecule is CC1CC2(C1)CN(C(=O)Cn1nccn1)C2. The summed E-state index contributed by atoms with van der Waals surface area (Å²) in [6.45, 7) is 4.44. The number of likely N-dealkylation sites (tertiary alicyclic amines) is 1. The molecule has 5 nitrogen and oxygen atoms in total. The van der Waals surface area contributed by atoms with Crippen molar-refractivity contribution < 1.29 is 4.79 Å². The predicted molar refractivity (Wildman–Crippen MR) is 57.4 cm³/mol. The Morgan fingerprint density at radius 1 is 1.38 bits per heavy atom. The number of rotatable bonds is 2. The lowest BCUT2D eigenvalue weighted by Crippen LogP contribution is -2.63. The molecule has 1 saturated heterocycles. The molecule has 1 aromatic heterocycles. The van der Waals surface area contributed by atoms with Crippen molar-refractivity contribution in [2.75, 3.05) is 13.1 Å². The zero-order chi connectivity index (χ0) is 11.2. The van der Waals surface area contributed by atoms with E-state index in [0.717, 1.165) is 19.0 Å². The van der Waals surface area contributed by atoms with Gasteiger partial charge in [-0.3, -0.25) is 4.79 Å². The molecule has 1 saturated carbocycles. The van der Waals surface area contributed by atoms with E-state index in [9.17, 15) is 4.79 Å². The minimum atomic E-state index is 0.140. The molecule has 0 N–H and O–H groups in total. The molecule has 0 unspecified atom stereocenters. The van der Waals surface area contributed by atoms with Crippen molar-refractivity contribution in [3.63, 3.8) is 0 Å². The van der Waals surface area contributed by atoms with Gasteiger partial charge < -0.3 is 4.90 Å². The maximum Gasteiger partial charge on any atom is 0.246 e. The van der Waals surface area contributed by atoms with Crippen LogP contribution in [-0.2, 0) is 11.3 Å². The molecule has 1 amide bonds. The fraction of sp³-hybridized carbons (Fsp3) is 0.727. The van der Waals surface area contributed by atoms with Crippen LogP contribution in [0.3, 0.4) is 0 Å². The highest BCUT2D eigenvalue weighted by atomic mass is 16.2. The van der Waals surface area contributed by atoms with Crippen LogP contribution >= 0.6 is 0 Å². The first-order valence-corrected chi connectivity index (χ1v) is 5.79. The van der Waals surface area contributed by atoms with Crippen LogP contribution in [-0.4, -0.2) is 38.9 Å². The van der Waals surface area contributed by atoms with Crippen molar-refractivity contribution in [2.24, 2.45) is 11.3 Å². The van der Waals surface area contributed by atoms with Gasteiger partial charge in [-0.15, -0.1) is 0 Å². The van der Waals surface area contributed by atoms with Gasteiger partial charge in [0.05, 0.1) is 12.4 Å². The minimum Gasteiger partial charge on any atom is -0.340 e. The highest BCUT2D eigenvalue weighted by Gasteiger charge is 2.51. The first kappa shape index (κ1) is 9.81. The minimum absolute atomic E-state index is 0.140. The average molecular weight is 220 g/mol. The molecule has 1 aliphatic heterocycles. The third-order valence-electron chi connectivity index (χ3n) is 3.71. The molecule has 2 fully saturated rings. The molecule has 0 radical (unpaired) electrons. The van der Waals surface area contributed by atoms with E-state index in [1.54, 1.807) is 12.4 Å². The first-order chi connectivity index (χ1) is 7.67. The van der Waals surface area contributed by atoms with Gasteiger partial charge >= 0.3 is 0 Å². The van der Waals surface area contributed by atoms with E-state index in [4.69, 9.17) is 0 Å². The summed E-state index contributed by atoms with van der Waals surface area (Å²) >= 11 is 0. The second kappa shape index (κ2) is 3.30. The van der Waals surface area contributed by atoms with Gasteiger partial charge in [-0.1, -0.05) is 6.92 Å².